The number of likely N-dealkylation sites (tertiary alicyclic amines) is 1. The minimum atomic E-state index is 0.709. The summed E-state index contributed by atoms with van der Waals surface area (Å²) < 4.78 is 5.46. The van der Waals surface area contributed by atoms with E-state index in [0.29, 0.717) is 5.92 Å². The lowest BCUT2D eigenvalue weighted by atomic mass is 10.1. The van der Waals surface area contributed by atoms with Crippen LogP contribution in [0, 0.1) is 5.92 Å². The third kappa shape index (κ3) is 6.73. The van der Waals surface area contributed by atoms with E-state index < -0.39 is 0 Å². The van der Waals surface area contributed by atoms with Gasteiger partial charge in [-0.15, -0.1) is 11.8 Å². The van der Waals surface area contributed by atoms with E-state index in [1.165, 1.54) is 28.2 Å². The van der Waals surface area contributed by atoms with E-state index in [2.05, 4.69) is 74.7 Å². The number of hydrogen-bond donors (Lipinski definition) is 1. The fourth-order valence-electron chi connectivity index (χ4n) is 4.26. The lowest BCUT2D eigenvalue weighted by Crippen LogP contribution is -2.39. The fraction of sp³-hybridized carbons (Fsp3) is 0.480. The molecule has 6 heteroatoms. The average molecular weight is 439 g/mol. The molecule has 4 rings (SSSR count). The van der Waals surface area contributed by atoms with E-state index in [1.54, 1.807) is 0 Å². The maximum atomic E-state index is 5.46. The van der Waals surface area contributed by atoms with Gasteiger partial charge in [0.15, 0.2) is 5.96 Å². The van der Waals surface area contributed by atoms with Gasteiger partial charge in [-0.1, -0.05) is 42.5 Å². The molecule has 0 saturated carbocycles. The van der Waals surface area contributed by atoms with E-state index in [1.807, 2.05) is 18.8 Å². The van der Waals surface area contributed by atoms with Crippen molar-refractivity contribution in [1.29, 1.82) is 0 Å². The summed E-state index contributed by atoms with van der Waals surface area (Å²) in [5.74, 6) is 2.90. The van der Waals surface area contributed by atoms with Crippen molar-refractivity contribution in [3.8, 4) is 0 Å². The lowest BCUT2D eigenvalue weighted by Gasteiger charge is -2.26. The van der Waals surface area contributed by atoms with Gasteiger partial charge >= 0.3 is 0 Å². The van der Waals surface area contributed by atoms with Crippen molar-refractivity contribution in [3.05, 3.63) is 65.7 Å². The molecule has 0 aromatic heterocycles. The van der Waals surface area contributed by atoms with Crippen molar-refractivity contribution in [2.24, 2.45) is 10.9 Å². The first kappa shape index (κ1) is 22.2. The van der Waals surface area contributed by atoms with Gasteiger partial charge in [-0.25, -0.2) is 0 Å². The molecule has 5 nitrogen and oxygen atoms in total. The molecule has 2 aromatic rings. The number of aliphatic imine (C=N–C) groups is 1. The van der Waals surface area contributed by atoms with Gasteiger partial charge < -0.3 is 15.0 Å². The Labute approximate surface area is 190 Å². The summed E-state index contributed by atoms with van der Waals surface area (Å²) >= 11 is 1.97. The molecule has 0 spiro atoms. The predicted octanol–water partition coefficient (Wildman–Crippen LogP) is 3.71. The van der Waals surface area contributed by atoms with Crippen LogP contribution in [0.1, 0.15) is 17.5 Å². The van der Waals surface area contributed by atoms with E-state index in [-0.39, 0.29) is 0 Å². The van der Waals surface area contributed by atoms with Crippen molar-refractivity contribution < 1.29 is 4.74 Å². The Bertz CT molecular complexity index is 838. The Kier molecular flexibility index (Phi) is 8.27. The molecular weight excluding hydrogens is 404 g/mol. The summed E-state index contributed by atoms with van der Waals surface area (Å²) in [5.41, 5.74) is 2.68. The summed E-state index contributed by atoms with van der Waals surface area (Å²) in [4.78, 5) is 10.8. The zero-order valence-corrected chi connectivity index (χ0v) is 19.3. The van der Waals surface area contributed by atoms with Crippen molar-refractivity contribution in [2.45, 2.75) is 24.4 Å². The van der Waals surface area contributed by atoms with Crippen LogP contribution >= 0.6 is 11.8 Å². The number of benzene rings is 2. The molecule has 2 aliphatic rings. The number of morpholine rings is 1. The zero-order valence-electron chi connectivity index (χ0n) is 18.5. The highest BCUT2D eigenvalue weighted by Crippen LogP contribution is 2.26. The van der Waals surface area contributed by atoms with Gasteiger partial charge in [-0.05, 0) is 35.6 Å². The first-order chi connectivity index (χ1) is 15.3. The summed E-state index contributed by atoms with van der Waals surface area (Å²) in [7, 11) is 1.89. The first-order valence-corrected chi connectivity index (χ1v) is 12.3. The van der Waals surface area contributed by atoms with Gasteiger partial charge in [0.25, 0.3) is 0 Å². The minimum Gasteiger partial charge on any atom is -0.379 e. The second-order valence-corrected chi connectivity index (χ2v) is 9.43. The lowest BCUT2D eigenvalue weighted by molar-refractivity contribution is 0.0342. The summed E-state index contributed by atoms with van der Waals surface area (Å²) in [6.07, 6.45) is 1.23. The predicted molar refractivity (Wildman–Crippen MR) is 130 cm³/mol. The van der Waals surface area contributed by atoms with Crippen LogP contribution in [0.15, 0.2) is 64.5 Å². The van der Waals surface area contributed by atoms with Crippen LogP contribution < -0.4 is 5.32 Å². The van der Waals surface area contributed by atoms with Crippen LogP contribution in [-0.2, 0) is 17.8 Å². The second kappa shape index (κ2) is 11.6. The minimum absolute atomic E-state index is 0.709. The maximum Gasteiger partial charge on any atom is 0.193 e. The van der Waals surface area contributed by atoms with Crippen LogP contribution in [0.4, 0.5) is 0 Å². The zero-order chi connectivity index (χ0) is 21.3. The van der Waals surface area contributed by atoms with Gasteiger partial charge in [0.2, 0.25) is 0 Å². The fourth-order valence-corrected chi connectivity index (χ4v) is 5.31. The number of nitrogens with zero attached hydrogens (tertiary/aromatic N) is 3. The molecule has 2 aliphatic heterocycles. The monoisotopic (exact) mass is 438 g/mol. The van der Waals surface area contributed by atoms with Crippen molar-refractivity contribution >= 4 is 17.7 Å². The molecule has 0 amide bonds. The molecule has 1 atom stereocenters. The van der Waals surface area contributed by atoms with Crippen LogP contribution in [0.2, 0.25) is 0 Å². The van der Waals surface area contributed by atoms with E-state index >= 15 is 0 Å². The van der Waals surface area contributed by atoms with Crippen molar-refractivity contribution in [2.75, 3.05) is 52.2 Å². The highest BCUT2D eigenvalue weighted by molar-refractivity contribution is 7.99. The standard InChI is InChI=1S/C25H34N4OS/c1-26-25(29-11-10-23(19-29)20-31-24-8-3-2-4-9-24)27-17-21-6-5-7-22(16-21)18-28-12-14-30-15-13-28/h2-9,16,23H,10-15,17-20H2,1H3,(H,26,27). The number of rotatable bonds is 7. The normalized spacial score (nSPS) is 20.2. The number of guanidine groups is 1. The quantitative estimate of drug-likeness (QED) is 0.405. The van der Waals surface area contributed by atoms with Crippen LogP contribution in [0.5, 0.6) is 0 Å². The topological polar surface area (TPSA) is 40.1 Å². The largest absolute Gasteiger partial charge is 0.379 e. The Hall–Kier alpha value is -2.02. The summed E-state index contributed by atoms with van der Waals surface area (Å²) in [6, 6.07) is 19.6. The molecule has 0 bridgehead atoms. The van der Waals surface area contributed by atoms with Gasteiger partial charge in [-0.2, -0.15) is 0 Å². The van der Waals surface area contributed by atoms with Crippen LogP contribution in [0.3, 0.4) is 0 Å². The van der Waals surface area contributed by atoms with Gasteiger partial charge in [0.1, 0.15) is 0 Å². The highest BCUT2D eigenvalue weighted by atomic mass is 32.2. The van der Waals surface area contributed by atoms with Gasteiger partial charge in [0.05, 0.1) is 13.2 Å². The smallest absolute Gasteiger partial charge is 0.193 e. The third-order valence-electron chi connectivity index (χ3n) is 5.98. The third-order valence-corrected chi connectivity index (χ3v) is 7.22. The Balaban J connectivity index is 1.24. The maximum absolute atomic E-state index is 5.46. The first-order valence-electron chi connectivity index (χ1n) is 11.3. The molecular formula is C25H34N4OS. The number of nitrogens with one attached hydrogen (secondary N) is 1. The second-order valence-electron chi connectivity index (χ2n) is 8.33. The van der Waals surface area contributed by atoms with Crippen molar-refractivity contribution in [3.63, 3.8) is 0 Å². The van der Waals surface area contributed by atoms with E-state index in [9.17, 15) is 0 Å². The molecule has 1 unspecified atom stereocenters. The molecule has 166 valence electrons. The molecule has 31 heavy (non-hydrogen) atoms. The van der Waals surface area contributed by atoms with Crippen LogP contribution in [0.25, 0.3) is 0 Å². The highest BCUT2D eigenvalue weighted by Gasteiger charge is 2.24. The molecule has 0 aliphatic carbocycles. The number of hydrogen-bond acceptors (Lipinski definition) is 4. The molecule has 2 fully saturated rings. The molecule has 1 N–H and O–H groups in total. The molecule has 0 radical (unpaired) electrons. The Morgan fingerprint density at radius 3 is 2.68 bits per heavy atom. The SMILES string of the molecule is CN=C(NCc1cccc(CN2CCOCC2)c1)N1CCC(CSc2ccccc2)C1. The van der Waals surface area contributed by atoms with E-state index in [4.69, 9.17) is 4.74 Å². The number of ether oxygens (including phenoxy) is 1. The summed E-state index contributed by atoms with van der Waals surface area (Å²) in [6.45, 7) is 7.70. The summed E-state index contributed by atoms with van der Waals surface area (Å²) in [5, 5.41) is 3.59. The van der Waals surface area contributed by atoms with E-state index in [0.717, 1.165) is 58.4 Å². The Morgan fingerprint density at radius 2 is 1.87 bits per heavy atom. The van der Waals surface area contributed by atoms with Crippen molar-refractivity contribution in [1.82, 2.24) is 15.1 Å². The molecule has 2 heterocycles. The molecule has 2 saturated heterocycles. The average Bonchev–Trinajstić information content (AvgIpc) is 3.29. The Morgan fingerprint density at radius 1 is 1.06 bits per heavy atom. The van der Waals surface area contributed by atoms with Crippen LogP contribution in [-0.4, -0.2) is 68.0 Å². The van der Waals surface area contributed by atoms with Gasteiger partial charge in [-0.3, -0.25) is 9.89 Å². The number of thioether (sulfide) groups is 1. The van der Waals surface area contributed by atoms with Gasteiger partial charge in [0, 0.05) is 57.0 Å². The molecule has 2 aromatic carbocycles.